The van der Waals surface area contributed by atoms with Crippen molar-refractivity contribution < 1.29 is 4.79 Å². The van der Waals surface area contributed by atoms with Crippen molar-refractivity contribution in [2.75, 3.05) is 20.1 Å². The molecule has 0 heterocycles. The highest BCUT2D eigenvalue weighted by Crippen LogP contribution is 2.40. The molecule has 0 unspecified atom stereocenters. The number of carbonyl (C=O) groups excluding carboxylic acids is 1. The molecule has 94 valence electrons. The predicted molar refractivity (Wildman–Crippen MR) is 67.3 cm³/mol. The Morgan fingerprint density at radius 2 is 1.94 bits per heavy atom. The average Bonchev–Trinajstić information content (AvgIpc) is 2.08. The summed E-state index contributed by atoms with van der Waals surface area (Å²) in [5, 5.41) is 6.23. The third kappa shape index (κ3) is 3.48. The Hall–Kier alpha value is -0.570. The van der Waals surface area contributed by atoms with Gasteiger partial charge in [-0.1, -0.05) is 27.2 Å². The number of amides is 1. The van der Waals surface area contributed by atoms with E-state index in [4.69, 9.17) is 0 Å². The van der Waals surface area contributed by atoms with Crippen LogP contribution in [0.2, 0.25) is 0 Å². The Morgan fingerprint density at radius 1 is 1.31 bits per heavy atom. The minimum Gasteiger partial charge on any atom is -0.356 e. The lowest BCUT2D eigenvalue weighted by atomic mass is 9.68. The van der Waals surface area contributed by atoms with E-state index in [-0.39, 0.29) is 11.3 Å². The first kappa shape index (κ1) is 13.5. The Balaban J connectivity index is 2.34. The maximum Gasteiger partial charge on any atom is 0.227 e. The minimum absolute atomic E-state index is 0.105. The smallest absolute Gasteiger partial charge is 0.227 e. The summed E-state index contributed by atoms with van der Waals surface area (Å²) in [6.07, 6.45) is 4.30. The summed E-state index contributed by atoms with van der Waals surface area (Å²) in [7, 11) is 1.92. The first-order chi connectivity index (χ1) is 7.40. The summed E-state index contributed by atoms with van der Waals surface area (Å²) in [6, 6.07) is 0. The van der Waals surface area contributed by atoms with Crippen LogP contribution in [0.1, 0.15) is 46.5 Å². The number of nitrogens with one attached hydrogen (secondary N) is 2. The summed E-state index contributed by atoms with van der Waals surface area (Å²) in [5.74, 6) is 0.248. The third-order valence-corrected chi connectivity index (χ3v) is 3.47. The van der Waals surface area contributed by atoms with Gasteiger partial charge in [-0.3, -0.25) is 4.79 Å². The molecule has 16 heavy (non-hydrogen) atoms. The second kappa shape index (κ2) is 5.17. The third-order valence-electron chi connectivity index (χ3n) is 3.47. The van der Waals surface area contributed by atoms with Gasteiger partial charge in [0.25, 0.3) is 0 Å². The highest BCUT2D eigenvalue weighted by atomic mass is 16.2. The van der Waals surface area contributed by atoms with Gasteiger partial charge in [-0.15, -0.1) is 0 Å². The number of hydrogen-bond acceptors (Lipinski definition) is 2. The van der Waals surface area contributed by atoms with E-state index in [0.717, 1.165) is 32.4 Å². The van der Waals surface area contributed by atoms with Gasteiger partial charge >= 0.3 is 0 Å². The first-order valence-electron chi connectivity index (χ1n) is 6.33. The van der Waals surface area contributed by atoms with Crippen LogP contribution in [-0.4, -0.2) is 26.0 Å². The van der Waals surface area contributed by atoms with Crippen LogP contribution in [0.15, 0.2) is 0 Å². The van der Waals surface area contributed by atoms with Gasteiger partial charge in [0.15, 0.2) is 0 Å². The molecule has 0 aromatic carbocycles. The largest absolute Gasteiger partial charge is 0.356 e. The van der Waals surface area contributed by atoms with Crippen molar-refractivity contribution in [3.63, 3.8) is 0 Å². The molecular formula is C13H26N2O. The van der Waals surface area contributed by atoms with Crippen LogP contribution >= 0.6 is 0 Å². The molecule has 1 aliphatic rings. The summed E-state index contributed by atoms with van der Waals surface area (Å²) in [4.78, 5) is 12.1. The van der Waals surface area contributed by atoms with Crippen LogP contribution in [0.3, 0.4) is 0 Å². The van der Waals surface area contributed by atoms with E-state index in [1.165, 1.54) is 6.42 Å². The molecular weight excluding hydrogens is 200 g/mol. The van der Waals surface area contributed by atoms with Gasteiger partial charge < -0.3 is 10.6 Å². The van der Waals surface area contributed by atoms with Gasteiger partial charge in [-0.25, -0.2) is 0 Å². The molecule has 1 fully saturated rings. The molecule has 0 aromatic heterocycles. The lowest BCUT2D eigenvalue weighted by molar-refractivity contribution is -0.135. The lowest BCUT2D eigenvalue weighted by Gasteiger charge is -2.40. The molecule has 2 N–H and O–H groups in total. The standard InChI is InChI=1S/C13H26N2O/c1-12(2,3)8-9-15-11(16)13(10-14-4)6-5-7-13/h14H,5-10H2,1-4H3,(H,15,16). The second-order valence-corrected chi connectivity index (χ2v) is 6.23. The summed E-state index contributed by atoms with van der Waals surface area (Å²) in [5.41, 5.74) is 0.190. The van der Waals surface area contributed by atoms with Crippen molar-refractivity contribution in [1.29, 1.82) is 0 Å². The van der Waals surface area contributed by atoms with Crippen molar-refractivity contribution in [1.82, 2.24) is 10.6 Å². The van der Waals surface area contributed by atoms with Gasteiger partial charge in [0.1, 0.15) is 0 Å². The molecule has 0 saturated heterocycles. The topological polar surface area (TPSA) is 41.1 Å². The van der Waals surface area contributed by atoms with Crippen molar-refractivity contribution in [2.24, 2.45) is 10.8 Å². The van der Waals surface area contributed by atoms with Gasteiger partial charge in [-0.2, -0.15) is 0 Å². The molecule has 0 spiro atoms. The molecule has 0 radical (unpaired) electrons. The Morgan fingerprint density at radius 3 is 2.31 bits per heavy atom. The molecule has 1 aliphatic carbocycles. The maximum absolute atomic E-state index is 12.1. The van der Waals surface area contributed by atoms with E-state index >= 15 is 0 Å². The fourth-order valence-electron chi connectivity index (χ4n) is 2.16. The van der Waals surface area contributed by atoms with Crippen LogP contribution in [0.5, 0.6) is 0 Å². The number of rotatable bonds is 5. The van der Waals surface area contributed by atoms with E-state index in [0.29, 0.717) is 5.41 Å². The highest BCUT2D eigenvalue weighted by Gasteiger charge is 2.43. The summed E-state index contributed by atoms with van der Waals surface area (Å²) < 4.78 is 0. The molecule has 0 aliphatic heterocycles. The molecule has 0 aromatic rings. The zero-order valence-electron chi connectivity index (χ0n) is 11.2. The van der Waals surface area contributed by atoms with Crippen molar-refractivity contribution in [3.8, 4) is 0 Å². The van der Waals surface area contributed by atoms with E-state index in [9.17, 15) is 4.79 Å². The fourth-order valence-corrected chi connectivity index (χ4v) is 2.16. The van der Waals surface area contributed by atoms with Gasteiger partial charge in [0.2, 0.25) is 5.91 Å². The molecule has 3 nitrogen and oxygen atoms in total. The number of hydrogen-bond donors (Lipinski definition) is 2. The molecule has 0 bridgehead atoms. The van der Waals surface area contributed by atoms with E-state index in [1.54, 1.807) is 0 Å². The Bertz CT molecular complexity index is 239. The first-order valence-corrected chi connectivity index (χ1v) is 6.33. The highest BCUT2D eigenvalue weighted by molar-refractivity contribution is 5.83. The zero-order valence-corrected chi connectivity index (χ0v) is 11.2. The normalized spacial score (nSPS) is 19.0. The van der Waals surface area contributed by atoms with Crippen LogP contribution in [-0.2, 0) is 4.79 Å². The van der Waals surface area contributed by atoms with E-state index in [1.807, 2.05) is 7.05 Å². The van der Waals surface area contributed by atoms with Gasteiger partial charge in [0, 0.05) is 13.1 Å². The van der Waals surface area contributed by atoms with Crippen LogP contribution in [0.4, 0.5) is 0 Å². The summed E-state index contributed by atoms with van der Waals surface area (Å²) >= 11 is 0. The quantitative estimate of drug-likeness (QED) is 0.752. The Labute approximate surface area is 99.4 Å². The predicted octanol–water partition coefficient (Wildman–Crippen LogP) is 1.93. The SMILES string of the molecule is CNCC1(C(=O)NCCC(C)(C)C)CCC1. The van der Waals surface area contributed by atoms with Crippen molar-refractivity contribution in [3.05, 3.63) is 0 Å². The lowest BCUT2D eigenvalue weighted by Crippen LogP contribution is -2.51. The van der Waals surface area contributed by atoms with Crippen LogP contribution < -0.4 is 10.6 Å². The van der Waals surface area contributed by atoms with Crippen LogP contribution in [0, 0.1) is 10.8 Å². The average molecular weight is 226 g/mol. The van der Waals surface area contributed by atoms with Crippen molar-refractivity contribution >= 4 is 5.91 Å². The second-order valence-electron chi connectivity index (χ2n) is 6.23. The van der Waals surface area contributed by atoms with Crippen molar-refractivity contribution in [2.45, 2.75) is 46.5 Å². The molecule has 1 rings (SSSR count). The number of carbonyl (C=O) groups is 1. The molecule has 0 atom stereocenters. The maximum atomic E-state index is 12.1. The Kier molecular flexibility index (Phi) is 4.36. The summed E-state index contributed by atoms with van der Waals surface area (Å²) in [6.45, 7) is 8.21. The van der Waals surface area contributed by atoms with E-state index < -0.39 is 0 Å². The molecule has 3 heteroatoms. The zero-order chi connectivity index (χ0) is 12.2. The van der Waals surface area contributed by atoms with Gasteiger partial charge in [0.05, 0.1) is 5.41 Å². The molecule has 1 amide bonds. The van der Waals surface area contributed by atoms with Crippen LogP contribution in [0.25, 0.3) is 0 Å². The molecule has 1 saturated carbocycles. The van der Waals surface area contributed by atoms with Gasteiger partial charge in [-0.05, 0) is 31.7 Å². The monoisotopic (exact) mass is 226 g/mol. The van der Waals surface area contributed by atoms with E-state index in [2.05, 4.69) is 31.4 Å². The fraction of sp³-hybridized carbons (Fsp3) is 0.923. The minimum atomic E-state index is -0.105.